The number of hydrogen-bond acceptors (Lipinski definition) is 7. The summed E-state index contributed by atoms with van der Waals surface area (Å²) in [6.07, 6.45) is 0.901. The van der Waals surface area contributed by atoms with Gasteiger partial charge in [0.2, 0.25) is 0 Å². The Hall–Kier alpha value is -2.15. The lowest BCUT2D eigenvalue weighted by atomic mass is 9.91. The Labute approximate surface area is 188 Å². The molecule has 3 aromatic rings. The topological polar surface area (TPSA) is 97.5 Å². The third-order valence-corrected chi connectivity index (χ3v) is 7.07. The highest BCUT2D eigenvalue weighted by Crippen LogP contribution is 2.42. The second-order valence-corrected chi connectivity index (χ2v) is 9.03. The van der Waals surface area contributed by atoms with E-state index in [4.69, 9.17) is 32.0 Å². The Morgan fingerprint density at radius 1 is 1.53 bits per heavy atom. The van der Waals surface area contributed by atoms with Crippen molar-refractivity contribution in [2.24, 2.45) is 5.73 Å². The van der Waals surface area contributed by atoms with E-state index >= 15 is 0 Å². The normalized spacial score (nSPS) is 18.1. The minimum absolute atomic E-state index is 0.0257. The quantitative estimate of drug-likeness (QED) is 0.299. The fraction of sp³-hybridized carbons (Fsp3) is 0.333. The van der Waals surface area contributed by atoms with Crippen molar-refractivity contribution in [2.45, 2.75) is 31.8 Å². The second-order valence-electron chi connectivity index (χ2n) is 6.56. The molecule has 0 unspecified atom stereocenters. The summed E-state index contributed by atoms with van der Waals surface area (Å²) in [6.45, 7) is 3.66. The standard InChI is InChI=1S/C20H20ClN3OS2.CH2O2/c1-2-4-14-18-20(27-19(14)13-6-7-25-11-15(13)22)16(9-17(21)24-18)23-10-12-5-3-8-26-12;2-1-3/h3,5,8-9,13,15H,6-7,10-11,22H2,1H3,(H,23,24);1H,(H,2,3)/t13-,15-;/m0./s1. The van der Waals surface area contributed by atoms with Crippen molar-refractivity contribution in [3.63, 3.8) is 0 Å². The number of fused-ring (bicyclic) bond motifs is 1. The zero-order valence-corrected chi connectivity index (χ0v) is 18.7. The number of anilines is 1. The number of ether oxygens (including phenoxy) is 1. The molecule has 3 aromatic heterocycles. The van der Waals surface area contributed by atoms with Crippen molar-refractivity contribution in [1.29, 1.82) is 0 Å². The van der Waals surface area contributed by atoms with Crippen LogP contribution < -0.4 is 11.1 Å². The van der Waals surface area contributed by atoms with Gasteiger partial charge in [-0.3, -0.25) is 4.79 Å². The highest BCUT2D eigenvalue weighted by atomic mass is 35.5. The summed E-state index contributed by atoms with van der Waals surface area (Å²) in [4.78, 5) is 15.4. The number of carbonyl (C=O) groups is 1. The van der Waals surface area contributed by atoms with Crippen molar-refractivity contribution in [2.75, 3.05) is 18.5 Å². The molecule has 1 saturated heterocycles. The number of nitrogens with zero attached hydrogens (tertiary/aromatic N) is 1. The minimum Gasteiger partial charge on any atom is -0.483 e. The molecule has 2 atom stereocenters. The molecule has 9 heteroatoms. The molecule has 30 heavy (non-hydrogen) atoms. The Morgan fingerprint density at radius 3 is 3.00 bits per heavy atom. The van der Waals surface area contributed by atoms with Crippen LogP contribution in [0.3, 0.4) is 0 Å². The fourth-order valence-electron chi connectivity index (χ4n) is 3.37. The monoisotopic (exact) mass is 463 g/mol. The number of rotatable bonds is 4. The van der Waals surface area contributed by atoms with E-state index in [9.17, 15) is 0 Å². The molecule has 158 valence electrons. The Morgan fingerprint density at radius 2 is 2.33 bits per heavy atom. The smallest absolute Gasteiger partial charge is 0.290 e. The number of nitrogens with one attached hydrogen (secondary N) is 1. The zero-order chi connectivity index (χ0) is 21.5. The summed E-state index contributed by atoms with van der Waals surface area (Å²) in [5.74, 6) is 6.52. The van der Waals surface area contributed by atoms with Gasteiger partial charge in [-0.25, -0.2) is 4.98 Å². The van der Waals surface area contributed by atoms with Crippen LogP contribution in [0.15, 0.2) is 23.6 Å². The van der Waals surface area contributed by atoms with Crippen LogP contribution in [-0.4, -0.2) is 35.8 Å². The van der Waals surface area contributed by atoms with Crippen LogP contribution in [0.4, 0.5) is 5.69 Å². The van der Waals surface area contributed by atoms with Gasteiger partial charge < -0.3 is 20.9 Å². The summed E-state index contributed by atoms with van der Waals surface area (Å²) in [5, 5.41) is 13.0. The molecule has 0 aromatic carbocycles. The second kappa shape index (κ2) is 10.8. The Bertz CT molecular complexity index is 1060. The molecule has 4 rings (SSSR count). The van der Waals surface area contributed by atoms with Crippen molar-refractivity contribution in [3.8, 4) is 11.8 Å². The lowest BCUT2D eigenvalue weighted by molar-refractivity contribution is -0.122. The van der Waals surface area contributed by atoms with E-state index in [-0.39, 0.29) is 18.4 Å². The first-order valence-electron chi connectivity index (χ1n) is 9.32. The first kappa shape index (κ1) is 22.5. The molecule has 1 aliphatic heterocycles. The van der Waals surface area contributed by atoms with Gasteiger partial charge in [-0.2, -0.15) is 0 Å². The largest absolute Gasteiger partial charge is 0.483 e. The number of carboxylic acid groups (broad SMARTS) is 1. The van der Waals surface area contributed by atoms with Crippen LogP contribution in [-0.2, 0) is 16.1 Å². The maximum atomic E-state index is 8.36. The lowest BCUT2D eigenvalue weighted by Crippen LogP contribution is -2.37. The predicted molar refractivity (Wildman–Crippen MR) is 124 cm³/mol. The van der Waals surface area contributed by atoms with Crippen LogP contribution in [0.25, 0.3) is 10.2 Å². The SMILES string of the molecule is CC#Cc1c([C@H]2CCOC[C@@H]2N)sc2c(NCc3cccs3)cc(Cl)nc12.O=CO. The molecule has 0 aliphatic carbocycles. The molecule has 0 radical (unpaired) electrons. The summed E-state index contributed by atoms with van der Waals surface area (Å²) >= 11 is 9.80. The average molecular weight is 464 g/mol. The average Bonchev–Trinajstić information content (AvgIpc) is 3.36. The number of thiophene rings is 2. The molecular formula is C21H22ClN3O3S2. The maximum absolute atomic E-state index is 8.36. The zero-order valence-electron chi connectivity index (χ0n) is 16.4. The van der Waals surface area contributed by atoms with Gasteiger partial charge in [0.1, 0.15) is 10.7 Å². The van der Waals surface area contributed by atoms with E-state index in [1.54, 1.807) is 22.7 Å². The number of halogens is 1. The molecule has 4 heterocycles. The molecule has 1 aliphatic rings. The summed E-state index contributed by atoms with van der Waals surface area (Å²) in [7, 11) is 0. The third kappa shape index (κ3) is 5.12. The summed E-state index contributed by atoms with van der Waals surface area (Å²) in [5.41, 5.74) is 9.18. The highest BCUT2D eigenvalue weighted by molar-refractivity contribution is 7.20. The van der Waals surface area contributed by atoms with E-state index < -0.39 is 0 Å². The predicted octanol–water partition coefficient (Wildman–Crippen LogP) is 4.53. The summed E-state index contributed by atoms with van der Waals surface area (Å²) in [6, 6.07) is 6.04. The molecule has 0 bridgehead atoms. The maximum Gasteiger partial charge on any atom is 0.290 e. The molecule has 4 N–H and O–H groups in total. The Kier molecular flexibility index (Phi) is 8.08. The highest BCUT2D eigenvalue weighted by Gasteiger charge is 2.29. The van der Waals surface area contributed by atoms with Gasteiger partial charge in [0.25, 0.3) is 6.47 Å². The first-order valence-corrected chi connectivity index (χ1v) is 11.4. The summed E-state index contributed by atoms with van der Waals surface area (Å²) < 4.78 is 6.61. The van der Waals surface area contributed by atoms with Gasteiger partial charge in [0.05, 0.1) is 22.6 Å². The first-order chi connectivity index (χ1) is 14.6. The molecule has 1 fully saturated rings. The van der Waals surface area contributed by atoms with Crippen LogP contribution in [0, 0.1) is 11.8 Å². The van der Waals surface area contributed by atoms with Gasteiger partial charge in [0, 0.05) is 40.9 Å². The van der Waals surface area contributed by atoms with Crippen molar-refractivity contribution in [3.05, 3.63) is 44.1 Å². The molecule has 6 nitrogen and oxygen atoms in total. The molecule has 0 saturated carbocycles. The van der Waals surface area contributed by atoms with Crippen molar-refractivity contribution < 1.29 is 14.6 Å². The van der Waals surface area contributed by atoms with Gasteiger partial charge >= 0.3 is 0 Å². The van der Waals surface area contributed by atoms with E-state index in [0.717, 1.165) is 41.0 Å². The van der Waals surface area contributed by atoms with Crippen LogP contribution in [0.5, 0.6) is 0 Å². The van der Waals surface area contributed by atoms with Crippen molar-refractivity contribution >= 4 is 56.7 Å². The van der Waals surface area contributed by atoms with Gasteiger partial charge in [-0.1, -0.05) is 23.6 Å². The van der Waals surface area contributed by atoms with E-state index in [1.165, 1.54) is 9.75 Å². The third-order valence-electron chi connectivity index (χ3n) is 4.66. The number of aromatic nitrogens is 1. The van der Waals surface area contributed by atoms with Gasteiger partial charge in [-0.15, -0.1) is 28.6 Å². The van der Waals surface area contributed by atoms with E-state index in [2.05, 4.69) is 39.7 Å². The van der Waals surface area contributed by atoms with E-state index in [1.807, 2.05) is 13.0 Å². The van der Waals surface area contributed by atoms with Crippen molar-refractivity contribution in [1.82, 2.24) is 4.98 Å². The van der Waals surface area contributed by atoms with Crippen LogP contribution in [0.2, 0.25) is 5.15 Å². The number of nitrogens with two attached hydrogens (primary N) is 1. The molecule has 0 spiro atoms. The van der Waals surface area contributed by atoms with Gasteiger partial charge in [-0.05, 0) is 24.8 Å². The van der Waals surface area contributed by atoms with Crippen LogP contribution >= 0.6 is 34.3 Å². The van der Waals surface area contributed by atoms with E-state index in [0.29, 0.717) is 11.8 Å². The number of pyridine rings is 1. The Balaban J connectivity index is 0.000000806. The lowest BCUT2D eigenvalue weighted by Gasteiger charge is -2.28. The van der Waals surface area contributed by atoms with Crippen LogP contribution in [0.1, 0.15) is 34.6 Å². The fourth-order valence-corrected chi connectivity index (χ4v) is 5.61. The van der Waals surface area contributed by atoms with Gasteiger partial charge in [0.15, 0.2) is 0 Å². The number of hydrogen-bond donors (Lipinski definition) is 3. The molecular weight excluding hydrogens is 442 g/mol. The molecule has 0 amide bonds. The minimum atomic E-state index is -0.250.